The number of ether oxygens (including phenoxy) is 1. The van der Waals surface area contributed by atoms with Crippen molar-refractivity contribution in [1.29, 1.82) is 0 Å². The van der Waals surface area contributed by atoms with E-state index in [1.54, 1.807) is 48.5 Å². The first kappa shape index (κ1) is 18.4. The summed E-state index contributed by atoms with van der Waals surface area (Å²) in [4.78, 5) is 37.1. The zero-order chi connectivity index (χ0) is 20.2. The van der Waals surface area contributed by atoms with Crippen molar-refractivity contribution in [2.24, 2.45) is 0 Å². The predicted octanol–water partition coefficient (Wildman–Crippen LogP) is 3.97. The summed E-state index contributed by atoms with van der Waals surface area (Å²) in [6, 6.07) is 22.6. The van der Waals surface area contributed by atoms with Gasteiger partial charge < -0.3 is 15.4 Å². The van der Waals surface area contributed by atoms with Crippen molar-refractivity contribution >= 4 is 29.2 Å². The minimum Gasteiger partial charge on any atom is -0.426 e. The molecular weight excluding hydrogens is 368 g/mol. The molecule has 0 spiro atoms. The van der Waals surface area contributed by atoms with Gasteiger partial charge in [-0.15, -0.1) is 0 Å². The van der Waals surface area contributed by atoms with Crippen molar-refractivity contribution in [3.8, 4) is 5.75 Å². The fraction of sp³-hybridized carbons (Fsp3) is 0.0870. The Kier molecular flexibility index (Phi) is 5.07. The number of para-hydroxylation sites is 2. The summed E-state index contributed by atoms with van der Waals surface area (Å²) in [6.45, 7) is 0. The van der Waals surface area contributed by atoms with Gasteiger partial charge in [-0.05, 0) is 42.0 Å². The first-order chi connectivity index (χ1) is 14.1. The lowest BCUT2D eigenvalue weighted by atomic mass is 9.91. The van der Waals surface area contributed by atoms with Crippen LogP contribution in [0.4, 0.5) is 11.4 Å². The Bertz CT molecular complexity index is 1080. The monoisotopic (exact) mass is 386 g/mol. The number of benzene rings is 3. The standard InChI is InChI=1S/C23H18N2O4/c26-21-14-19(18-11-4-5-12-20(18)25-21)23(28)29-17-10-6-7-15(13-17)22(27)24-16-8-2-1-3-9-16/h1-13,19H,14H2,(H,24,27)(H,25,26)/t19-/m0/s1. The molecule has 3 aromatic carbocycles. The number of carbonyl (C=O) groups is 3. The maximum absolute atomic E-state index is 12.7. The lowest BCUT2D eigenvalue weighted by Gasteiger charge is -2.24. The van der Waals surface area contributed by atoms with E-state index in [-0.39, 0.29) is 24.0 Å². The molecule has 0 bridgehead atoms. The second kappa shape index (κ2) is 7.98. The van der Waals surface area contributed by atoms with Crippen molar-refractivity contribution in [1.82, 2.24) is 0 Å². The Morgan fingerprint density at radius 3 is 2.52 bits per heavy atom. The predicted molar refractivity (Wildman–Crippen MR) is 109 cm³/mol. The maximum Gasteiger partial charge on any atom is 0.319 e. The Hall–Kier alpha value is -3.93. The molecule has 2 N–H and O–H groups in total. The lowest BCUT2D eigenvalue weighted by Crippen LogP contribution is -2.29. The Morgan fingerprint density at radius 2 is 1.69 bits per heavy atom. The minimum absolute atomic E-state index is 0.0179. The molecular formula is C23H18N2O4. The van der Waals surface area contributed by atoms with Crippen LogP contribution in [0.5, 0.6) is 5.75 Å². The molecule has 1 atom stereocenters. The molecule has 0 aromatic heterocycles. The number of nitrogens with one attached hydrogen (secondary N) is 2. The molecule has 1 heterocycles. The highest BCUT2D eigenvalue weighted by atomic mass is 16.5. The summed E-state index contributed by atoms with van der Waals surface area (Å²) in [7, 11) is 0. The maximum atomic E-state index is 12.7. The number of fused-ring (bicyclic) bond motifs is 1. The topological polar surface area (TPSA) is 84.5 Å². The summed E-state index contributed by atoms with van der Waals surface area (Å²) in [5.41, 5.74) is 2.36. The first-order valence-electron chi connectivity index (χ1n) is 9.17. The fourth-order valence-corrected chi connectivity index (χ4v) is 3.23. The molecule has 0 saturated heterocycles. The third-order valence-corrected chi connectivity index (χ3v) is 4.63. The van der Waals surface area contributed by atoms with E-state index in [4.69, 9.17) is 4.74 Å². The van der Waals surface area contributed by atoms with Crippen LogP contribution in [0.25, 0.3) is 0 Å². The third kappa shape index (κ3) is 4.16. The fourth-order valence-electron chi connectivity index (χ4n) is 3.23. The number of hydrogen-bond acceptors (Lipinski definition) is 4. The summed E-state index contributed by atoms with van der Waals surface area (Å²) in [5.74, 6) is -1.52. The molecule has 0 fully saturated rings. The molecule has 0 radical (unpaired) electrons. The van der Waals surface area contributed by atoms with Gasteiger partial charge in [0.05, 0.1) is 5.92 Å². The van der Waals surface area contributed by atoms with Gasteiger partial charge in [-0.1, -0.05) is 42.5 Å². The quantitative estimate of drug-likeness (QED) is 0.525. The van der Waals surface area contributed by atoms with Gasteiger partial charge in [-0.2, -0.15) is 0 Å². The van der Waals surface area contributed by atoms with Crippen LogP contribution in [0.3, 0.4) is 0 Å². The number of esters is 1. The Labute approximate surface area is 167 Å². The van der Waals surface area contributed by atoms with Gasteiger partial charge in [-0.25, -0.2) is 0 Å². The van der Waals surface area contributed by atoms with Crippen LogP contribution in [-0.4, -0.2) is 17.8 Å². The van der Waals surface area contributed by atoms with Crippen molar-refractivity contribution in [3.05, 3.63) is 90.0 Å². The van der Waals surface area contributed by atoms with E-state index in [9.17, 15) is 14.4 Å². The van der Waals surface area contributed by atoms with E-state index in [1.165, 1.54) is 6.07 Å². The van der Waals surface area contributed by atoms with E-state index in [0.29, 0.717) is 16.9 Å². The van der Waals surface area contributed by atoms with Gasteiger partial charge in [0.25, 0.3) is 5.91 Å². The van der Waals surface area contributed by atoms with Crippen molar-refractivity contribution < 1.29 is 19.1 Å². The molecule has 2 amide bonds. The van der Waals surface area contributed by atoms with Gasteiger partial charge in [0.15, 0.2) is 0 Å². The molecule has 0 unspecified atom stereocenters. The highest BCUT2D eigenvalue weighted by molar-refractivity contribution is 6.04. The summed E-state index contributed by atoms with van der Waals surface area (Å²) in [6.07, 6.45) is 0.0179. The minimum atomic E-state index is -0.693. The van der Waals surface area contributed by atoms with Crippen LogP contribution in [-0.2, 0) is 9.59 Å². The molecule has 6 heteroatoms. The number of rotatable bonds is 4. The van der Waals surface area contributed by atoms with Crippen LogP contribution in [0.1, 0.15) is 28.3 Å². The molecule has 0 saturated carbocycles. The molecule has 1 aliphatic heterocycles. The Morgan fingerprint density at radius 1 is 0.931 bits per heavy atom. The SMILES string of the molecule is O=C1C[C@H](C(=O)Oc2cccc(C(=O)Nc3ccccc3)c2)c2ccccc2N1. The third-order valence-electron chi connectivity index (χ3n) is 4.63. The molecule has 0 aliphatic carbocycles. The van der Waals surface area contributed by atoms with E-state index in [2.05, 4.69) is 10.6 Å². The highest BCUT2D eigenvalue weighted by Crippen LogP contribution is 2.33. The number of amides is 2. The molecule has 29 heavy (non-hydrogen) atoms. The second-order valence-corrected chi connectivity index (χ2v) is 6.66. The summed E-state index contributed by atoms with van der Waals surface area (Å²) >= 11 is 0. The molecule has 4 rings (SSSR count). The van der Waals surface area contributed by atoms with Gasteiger partial charge in [0.1, 0.15) is 5.75 Å². The zero-order valence-electron chi connectivity index (χ0n) is 15.4. The number of hydrogen-bond donors (Lipinski definition) is 2. The zero-order valence-corrected chi connectivity index (χ0v) is 15.4. The number of anilines is 2. The first-order valence-corrected chi connectivity index (χ1v) is 9.17. The van der Waals surface area contributed by atoms with Crippen molar-refractivity contribution in [2.75, 3.05) is 10.6 Å². The van der Waals surface area contributed by atoms with E-state index in [0.717, 1.165) is 5.56 Å². The van der Waals surface area contributed by atoms with E-state index in [1.807, 2.05) is 24.3 Å². The smallest absolute Gasteiger partial charge is 0.319 e. The molecule has 144 valence electrons. The summed E-state index contributed by atoms with van der Waals surface area (Å²) in [5, 5.41) is 5.54. The number of carbonyl (C=O) groups excluding carboxylic acids is 3. The van der Waals surface area contributed by atoms with Crippen molar-refractivity contribution in [2.45, 2.75) is 12.3 Å². The van der Waals surface area contributed by atoms with Gasteiger partial charge >= 0.3 is 5.97 Å². The largest absolute Gasteiger partial charge is 0.426 e. The van der Waals surface area contributed by atoms with Crippen LogP contribution in [0, 0.1) is 0 Å². The van der Waals surface area contributed by atoms with Crippen LogP contribution in [0.15, 0.2) is 78.9 Å². The summed E-state index contributed by atoms with van der Waals surface area (Å²) < 4.78 is 5.50. The van der Waals surface area contributed by atoms with Crippen LogP contribution >= 0.6 is 0 Å². The average molecular weight is 386 g/mol. The van der Waals surface area contributed by atoms with Crippen LogP contribution in [0.2, 0.25) is 0 Å². The normalized spacial score (nSPS) is 15.0. The highest BCUT2D eigenvalue weighted by Gasteiger charge is 2.32. The van der Waals surface area contributed by atoms with E-state index < -0.39 is 11.9 Å². The molecule has 1 aliphatic rings. The van der Waals surface area contributed by atoms with Gasteiger partial charge in [0, 0.05) is 23.4 Å². The Balaban J connectivity index is 1.50. The van der Waals surface area contributed by atoms with Crippen LogP contribution < -0.4 is 15.4 Å². The average Bonchev–Trinajstić information content (AvgIpc) is 2.74. The second-order valence-electron chi connectivity index (χ2n) is 6.66. The molecule has 3 aromatic rings. The van der Waals surface area contributed by atoms with Crippen molar-refractivity contribution in [3.63, 3.8) is 0 Å². The molecule has 6 nitrogen and oxygen atoms in total. The van der Waals surface area contributed by atoms with Gasteiger partial charge in [0.2, 0.25) is 5.91 Å². The van der Waals surface area contributed by atoms with Gasteiger partial charge in [-0.3, -0.25) is 14.4 Å². The lowest BCUT2D eigenvalue weighted by molar-refractivity contribution is -0.138. The van der Waals surface area contributed by atoms with E-state index >= 15 is 0 Å².